The Labute approximate surface area is 147 Å². The molecule has 0 atom stereocenters. The second kappa shape index (κ2) is 6.59. The van der Waals surface area contributed by atoms with E-state index in [1.165, 1.54) is 0 Å². The minimum Gasteiger partial charge on any atom is -0.497 e. The lowest BCUT2D eigenvalue weighted by atomic mass is 9.96. The highest BCUT2D eigenvalue weighted by Crippen LogP contribution is 2.25. The number of hydrogen-bond donors (Lipinski definition) is 1. The first kappa shape index (κ1) is 17.0. The molecular weight excluding hydrogens is 314 g/mol. The zero-order valence-electron chi connectivity index (χ0n) is 15.0. The van der Waals surface area contributed by atoms with Crippen LogP contribution in [0.4, 0.5) is 0 Å². The molecule has 0 saturated heterocycles. The predicted molar refractivity (Wildman–Crippen MR) is 98.6 cm³/mol. The maximum atomic E-state index is 12.6. The Kier molecular flexibility index (Phi) is 4.49. The first-order valence-corrected chi connectivity index (χ1v) is 8.25. The van der Waals surface area contributed by atoms with E-state index in [0.717, 1.165) is 27.6 Å². The van der Waals surface area contributed by atoms with Crippen molar-refractivity contribution in [3.05, 3.63) is 59.9 Å². The van der Waals surface area contributed by atoms with Gasteiger partial charge >= 0.3 is 0 Å². The van der Waals surface area contributed by atoms with Crippen molar-refractivity contribution in [3.8, 4) is 5.75 Å². The summed E-state index contributed by atoms with van der Waals surface area (Å²) in [4.78, 5) is 12.6. The molecule has 0 radical (unpaired) electrons. The molecule has 2 aromatic carbocycles. The van der Waals surface area contributed by atoms with E-state index < -0.39 is 5.54 Å². The minimum absolute atomic E-state index is 0.0239. The van der Waals surface area contributed by atoms with E-state index in [0.29, 0.717) is 6.42 Å². The van der Waals surface area contributed by atoms with Gasteiger partial charge in [-0.3, -0.25) is 9.48 Å². The number of ether oxygens (including phenoxy) is 1. The molecule has 5 nitrogen and oxygen atoms in total. The van der Waals surface area contributed by atoms with Crippen molar-refractivity contribution in [2.45, 2.75) is 25.8 Å². The van der Waals surface area contributed by atoms with Crippen molar-refractivity contribution in [1.29, 1.82) is 0 Å². The van der Waals surface area contributed by atoms with Gasteiger partial charge in [-0.05, 0) is 42.3 Å². The predicted octanol–water partition coefficient (Wildman–Crippen LogP) is 3.18. The van der Waals surface area contributed by atoms with Gasteiger partial charge in [0, 0.05) is 18.8 Å². The molecule has 130 valence electrons. The number of hydrogen-bond acceptors (Lipinski definition) is 3. The van der Waals surface area contributed by atoms with Crippen LogP contribution in [0.3, 0.4) is 0 Å². The van der Waals surface area contributed by atoms with Gasteiger partial charge in [-0.25, -0.2) is 0 Å². The Balaban J connectivity index is 1.82. The molecule has 0 unspecified atom stereocenters. The van der Waals surface area contributed by atoms with Crippen LogP contribution in [0.5, 0.6) is 5.75 Å². The van der Waals surface area contributed by atoms with E-state index in [9.17, 15) is 4.79 Å². The van der Waals surface area contributed by atoms with Gasteiger partial charge in [0.1, 0.15) is 5.75 Å². The summed E-state index contributed by atoms with van der Waals surface area (Å²) in [7, 11) is 3.51. The molecule has 1 amide bonds. The van der Waals surface area contributed by atoms with Crippen LogP contribution >= 0.6 is 0 Å². The number of benzene rings is 2. The van der Waals surface area contributed by atoms with Crippen LogP contribution in [0.25, 0.3) is 10.8 Å². The summed E-state index contributed by atoms with van der Waals surface area (Å²) in [6, 6.07) is 11.9. The topological polar surface area (TPSA) is 56.1 Å². The number of rotatable bonds is 5. The van der Waals surface area contributed by atoms with Crippen LogP contribution in [-0.4, -0.2) is 22.8 Å². The average molecular weight is 337 g/mol. The number of nitrogens with zero attached hydrogens (tertiary/aromatic N) is 2. The van der Waals surface area contributed by atoms with E-state index in [1.807, 2.05) is 63.5 Å². The largest absolute Gasteiger partial charge is 0.497 e. The molecule has 1 N–H and O–H groups in total. The molecule has 1 heterocycles. The Morgan fingerprint density at radius 1 is 1.28 bits per heavy atom. The summed E-state index contributed by atoms with van der Waals surface area (Å²) >= 11 is 0. The molecule has 0 fully saturated rings. The Morgan fingerprint density at radius 2 is 2.08 bits per heavy atom. The molecule has 0 aliphatic carbocycles. The fourth-order valence-electron chi connectivity index (χ4n) is 2.98. The zero-order chi connectivity index (χ0) is 18.0. The third-order valence-electron chi connectivity index (χ3n) is 4.41. The maximum absolute atomic E-state index is 12.6. The molecule has 0 spiro atoms. The third-order valence-corrected chi connectivity index (χ3v) is 4.41. The van der Waals surface area contributed by atoms with Crippen LogP contribution < -0.4 is 10.1 Å². The van der Waals surface area contributed by atoms with E-state index >= 15 is 0 Å². The van der Waals surface area contributed by atoms with Crippen molar-refractivity contribution < 1.29 is 9.53 Å². The molecule has 3 rings (SSSR count). The number of nitrogens with one attached hydrogen (secondary N) is 1. The monoisotopic (exact) mass is 337 g/mol. The normalized spacial score (nSPS) is 11.5. The van der Waals surface area contributed by atoms with Crippen molar-refractivity contribution >= 4 is 16.7 Å². The molecule has 0 bridgehead atoms. The number of aryl methyl sites for hydroxylation is 1. The van der Waals surface area contributed by atoms with Crippen molar-refractivity contribution in [2.75, 3.05) is 7.11 Å². The molecular formula is C20H23N3O2. The average Bonchev–Trinajstić information content (AvgIpc) is 3.02. The fourth-order valence-corrected chi connectivity index (χ4v) is 2.98. The summed E-state index contributed by atoms with van der Waals surface area (Å²) < 4.78 is 7.05. The second-order valence-electron chi connectivity index (χ2n) is 6.76. The highest BCUT2D eigenvalue weighted by molar-refractivity contribution is 5.91. The second-order valence-corrected chi connectivity index (χ2v) is 6.76. The highest BCUT2D eigenvalue weighted by atomic mass is 16.5. The van der Waals surface area contributed by atoms with E-state index in [4.69, 9.17) is 4.74 Å². The fraction of sp³-hybridized carbons (Fsp3) is 0.300. The summed E-state index contributed by atoms with van der Waals surface area (Å²) in [5.41, 5.74) is 1.48. The van der Waals surface area contributed by atoms with Gasteiger partial charge < -0.3 is 10.1 Å². The van der Waals surface area contributed by atoms with Gasteiger partial charge in [0.25, 0.3) is 0 Å². The van der Waals surface area contributed by atoms with Crippen LogP contribution in [0.1, 0.15) is 25.0 Å². The summed E-state index contributed by atoms with van der Waals surface area (Å²) in [5, 5.41) is 9.42. The van der Waals surface area contributed by atoms with Gasteiger partial charge in [-0.1, -0.05) is 24.3 Å². The van der Waals surface area contributed by atoms with E-state index in [1.54, 1.807) is 18.0 Å². The molecule has 25 heavy (non-hydrogen) atoms. The van der Waals surface area contributed by atoms with Gasteiger partial charge in [-0.2, -0.15) is 5.10 Å². The van der Waals surface area contributed by atoms with Crippen LogP contribution in [0.15, 0.2) is 48.8 Å². The molecule has 0 saturated carbocycles. The van der Waals surface area contributed by atoms with Crippen LogP contribution in [0.2, 0.25) is 0 Å². The standard InChI is InChI=1S/C20H23N3O2/c1-20(2,16-12-21-23(3)13-16)22-19(24)10-15-7-5-6-14-8-9-17(25-4)11-18(14)15/h5-9,11-13H,10H2,1-4H3,(H,22,24). The summed E-state index contributed by atoms with van der Waals surface area (Å²) in [6.07, 6.45) is 4.01. The van der Waals surface area contributed by atoms with Crippen molar-refractivity contribution in [1.82, 2.24) is 15.1 Å². The SMILES string of the molecule is COc1ccc2cccc(CC(=O)NC(C)(C)c3cnn(C)c3)c2c1. The van der Waals surface area contributed by atoms with E-state index in [-0.39, 0.29) is 5.91 Å². The van der Waals surface area contributed by atoms with Gasteiger partial charge in [-0.15, -0.1) is 0 Å². The number of methoxy groups -OCH3 is 1. The first-order valence-electron chi connectivity index (χ1n) is 8.25. The lowest BCUT2D eigenvalue weighted by Crippen LogP contribution is -2.41. The summed E-state index contributed by atoms with van der Waals surface area (Å²) in [6.45, 7) is 3.96. The van der Waals surface area contributed by atoms with Gasteiger partial charge in [0.05, 0.1) is 25.3 Å². The number of carbonyl (C=O) groups excluding carboxylic acids is 1. The number of carbonyl (C=O) groups is 1. The number of fused-ring (bicyclic) bond motifs is 1. The Bertz CT molecular complexity index is 912. The quantitative estimate of drug-likeness (QED) is 0.778. The van der Waals surface area contributed by atoms with Crippen molar-refractivity contribution in [3.63, 3.8) is 0 Å². The molecule has 0 aliphatic heterocycles. The minimum atomic E-state index is -0.479. The first-order chi connectivity index (χ1) is 11.9. The Hall–Kier alpha value is -2.82. The molecule has 0 aliphatic rings. The molecule has 1 aromatic heterocycles. The van der Waals surface area contributed by atoms with E-state index in [2.05, 4.69) is 10.4 Å². The number of aromatic nitrogens is 2. The van der Waals surface area contributed by atoms with Gasteiger partial charge in [0.15, 0.2) is 0 Å². The maximum Gasteiger partial charge on any atom is 0.225 e. The highest BCUT2D eigenvalue weighted by Gasteiger charge is 2.24. The number of amides is 1. The zero-order valence-corrected chi connectivity index (χ0v) is 15.0. The smallest absolute Gasteiger partial charge is 0.225 e. The van der Waals surface area contributed by atoms with Crippen LogP contribution in [-0.2, 0) is 23.8 Å². The molecule has 3 aromatic rings. The van der Waals surface area contributed by atoms with Gasteiger partial charge in [0.2, 0.25) is 5.91 Å². The lowest BCUT2D eigenvalue weighted by Gasteiger charge is -2.25. The van der Waals surface area contributed by atoms with Crippen molar-refractivity contribution in [2.24, 2.45) is 7.05 Å². The molecule has 5 heteroatoms. The Morgan fingerprint density at radius 3 is 2.76 bits per heavy atom. The van der Waals surface area contributed by atoms with Crippen LogP contribution in [0, 0.1) is 0 Å². The lowest BCUT2D eigenvalue weighted by molar-refractivity contribution is -0.122. The summed E-state index contributed by atoms with van der Waals surface area (Å²) in [5.74, 6) is 0.764. The third kappa shape index (κ3) is 3.65.